The predicted octanol–water partition coefficient (Wildman–Crippen LogP) is 2.90. The highest BCUT2D eigenvalue weighted by molar-refractivity contribution is 5.37. The summed E-state index contributed by atoms with van der Waals surface area (Å²) in [7, 11) is 0. The zero-order valence-corrected chi connectivity index (χ0v) is 16.6. The van der Waals surface area contributed by atoms with Gasteiger partial charge in [-0.05, 0) is 43.5 Å². The summed E-state index contributed by atoms with van der Waals surface area (Å²) < 4.78 is 19.1. The summed E-state index contributed by atoms with van der Waals surface area (Å²) in [5.41, 5.74) is 2.61. The van der Waals surface area contributed by atoms with E-state index in [0.29, 0.717) is 38.0 Å². The Morgan fingerprint density at radius 3 is 2.72 bits per heavy atom. The quantitative estimate of drug-likeness (QED) is 0.752. The third-order valence-electron chi connectivity index (χ3n) is 5.80. The average Bonchev–Trinajstić information content (AvgIpc) is 3.64. The lowest BCUT2D eigenvalue weighted by Crippen LogP contribution is -2.35. The maximum absolute atomic E-state index is 12.7. The Labute approximate surface area is 170 Å². The van der Waals surface area contributed by atoms with Crippen LogP contribution in [0.15, 0.2) is 41.2 Å². The minimum absolute atomic E-state index is 0.0401. The van der Waals surface area contributed by atoms with E-state index in [1.165, 1.54) is 12.8 Å². The van der Waals surface area contributed by atoms with Crippen molar-refractivity contribution >= 4 is 0 Å². The minimum Gasteiger partial charge on any atom is -0.487 e. The Kier molecular flexibility index (Phi) is 4.69. The van der Waals surface area contributed by atoms with Gasteiger partial charge in [-0.1, -0.05) is 24.0 Å². The highest BCUT2D eigenvalue weighted by Gasteiger charge is 2.59. The number of nitrogens with zero attached hydrogens (tertiary/aromatic N) is 1. The Hall–Kier alpha value is -2.55. The number of aromatic nitrogens is 1. The molecule has 5 rings (SSSR count). The third-order valence-corrected chi connectivity index (χ3v) is 5.80. The number of ether oxygens (including phenoxy) is 3. The van der Waals surface area contributed by atoms with Gasteiger partial charge in [0.25, 0.3) is 5.56 Å². The topological polar surface area (TPSA) is 49.7 Å². The summed E-state index contributed by atoms with van der Waals surface area (Å²) in [6, 6.07) is 11.6. The van der Waals surface area contributed by atoms with E-state index in [2.05, 4.69) is 11.8 Å². The highest BCUT2D eigenvalue weighted by Crippen LogP contribution is 2.44. The van der Waals surface area contributed by atoms with E-state index in [0.717, 1.165) is 23.2 Å². The summed E-state index contributed by atoms with van der Waals surface area (Å²) in [4.78, 5) is 12.7. The van der Waals surface area contributed by atoms with E-state index in [9.17, 15) is 4.79 Å². The van der Waals surface area contributed by atoms with Crippen LogP contribution in [0.1, 0.15) is 36.1 Å². The summed E-state index contributed by atoms with van der Waals surface area (Å²) in [5, 5.41) is 0. The number of aryl methyl sites for hydroxylation is 1. The molecule has 0 radical (unpaired) electrons. The summed E-state index contributed by atoms with van der Waals surface area (Å²) in [5.74, 6) is 7.69. The second-order valence-electron chi connectivity index (χ2n) is 8.27. The fourth-order valence-electron chi connectivity index (χ4n) is 3.72. The van der Waals surface area contributed by atoms with E-state index in [1.807, 2.05) is 37.3 Å². The molecular formula is C24H25NO4. The molecule has 2 aromatic rings. The third kappa shape index (κ3) is 4.10. The van der Waals surface area contributed by atoms with Crippen LogP contribution in [0.25, 0.3) is 0 Å². The average molecular weight is 391 g/mol. The zero-order valence-electron chi connectivity index (χ0n) is 16.6. The second kappa shape index (κ2) is 7.37. The van der Waals surface area contributed by atoms with Crippen molar-refractivity contribution in [2.45, 2.75) is 44.4 Å². The van der Waals surface area contributed by atoms with Crippen LogP contribution in [0.5, 0.6) is 5.75 Å². The second-order valence-corrected chi connectivity index (χ2v) is 8.27. The molecule has 2 atom stereocenters. The predicted molar refractivity (Wildman–Crippen MR) is 109 cm³/mol. The summed E-state index contributed by atoms with van der Waals surface area (Å²) in [6.45, 7) is 4.27. The largest absolute Gasteiger partial charge is 0.487 e. The Morgan fingerprint density at radius 1 is 1.21 bits per heavy atom. The van der Waals surface area contributed by atoms with Crippen LogP contribution in [0, 0.1) is 24.7 Å². The molecule has 0 amide bonds. The lowest BCUT2D eigenvalue weighted by atomic mass is 10.1. The van der Waals surface area contributed by atoms with Crippen molar-refractivity contribution in [3.05, 3.63) is 63.6 Å². The van der Waals surface area contributed by atoms with E-state index < -0.39 is 0 Å². The standard InChI is InChI=1S/C24H25NO4/c1-17-12-21(29-22-14-24(22)16-27-10-11-28-24)13-23(26)25(17)15-20-8-6-19(7-9-20)5-4-18-2-3-18/h6-9,12-13,18,22H,2-3,10-11,14-16H2,1H3/t22-,24+/m1/s1. The first-order chi connectivity index (χ1) is 14.1. The molecule has 1 aliphatic heterocycles. The molecule has 5 heteroatoms. The molecule has 0 unspecified atom stereocenters. The van der Waals surface area contributed by atoms with Crippen molar-refractivity contribution in [2.24, 2.45) is 5.92 Å². The molecule has 29 heavy (non-hydrogen) atoms. The van der Waals surface area contributed by atoms with Gasteiger partial charge in [0.15, 0.2) is 0 Å². The smallest absolute Gasteiger partial charge is 0.254 e. The van der Waals surface area contributed by atoms with Crippen LogP contribution in [0.2, 0.25) is 0 Å². The Bertz CT molecular complexity index is 1020. The highest BCUT2D eigenvalue weighted by atomic mass is 16.6. The fraction of sp³-hybridized carbons (Fsp3) is 0.458. The molecule has 2 heterocycles. The first-order valence-corrected chi connectivity index (χ1v) is 10.3. The van der Waals surface area contributed by atoms with Gasteiger partial charge in [0, 0.05) is 29.7 Å². The minimum atomic E-state index is -0.314. The van der Waals surface area contributed by atoms with Crippen molar-refractivity contribution in [1.82, 2.24) is 4.57 Å². The molecule has 2 aliphatic carbocycles. The molecule has 1 spiro atoms. The van der Waals surface area contributed by atoms with Gasteiger partial charge in [-0.15, -0.1) is 0 Å². The van der Waals surface area contributed by atoms with Crippen molar-refractivity contribution in [1.29, 1.82) is 0 Å². The van der Waals surface area contributed by atoms with E-state index in [1.54, 1.807) is 10.6 Å². The van der Waals surface area contributed by atoms with Gasteiger partial charge in [0.1, 0.15) is 17.5 Å². The molecule has 1 saturated heterocycles. The molecule has 1 aromatic carbocycles. The molecule has 150 valence electrons. The van der Waals surface area contributed by atoms with Gasteiger partial charge in [-0.3, -0.25) is 4.79 Å². The van der Waals surface area contributed by atoms with Crippen LogP contribution >= 0.6 is 0 Å². The summed E-state index contributed by atoms with van der Waals surface area (Å²) in [6.07, 6.45) is 3.23. The lowest BCUT2D eigenvalue weighted by Gasteiger charge is -2.23. The van der Waals surface area contributed by atoms with Crippen LogP contribution < -0.4 is 10.3 Å². The molecule has 0 bridgehead atoms. The van der Waals surface area contributed by atoms with Crippen molar-refractivity contribution < 1.29 is 14.2 Å². The van der Waals surface area contributed by atoms with Gasteiger partial charge in [-0.25, -0.2) is 0 Å². The van der Waals surface area contributed by atoms with Gasteiger partial charge in [-0.2, -0.15) is 0 Å². The molecule has 3 fully saturated rings. The number of rotatable bonds is 4. The first kappa shape index (κ1) is 18.5. The molecule has 3 aliphatic rings. The number of hydrogen-bond donors (Lipinski definition) is 0. The van der Waals surface area contributed by atoms with Crippen molar-refractivity contribution in [2.75, 3.05) is 19.8 Å². The normalized spacial score (nSPS) is 25.3. The maximum atomic E-state index is 12.7. The molecule has 0 N–H and O–H groups in total. The van der Waals surface area contributed by atoms with Gasteiger partial charge >= 0.3 is 0 Å². The fourth-order valence-corrected chi connectivity index (χ4v) is 3.72. The Balaban J connectivity index is 1.26. The molecule has 5 nitrogen and oxygen atoms in total. The maximum Gasteiger partial charge on any atom is 0.254 e. The van der Waals surface area contributed by atoms with Crippen molar-refractivity contribution in [3.8, 4) is 17.6 Å². The van der Waals surface area contributed by atoms with E-state index >= 15 is 0 Å². The van der Waals surface area contributed by atoms with Crippen LogP contribution in [0.4, 0.5) is 0 Å². The first-order valence-electron chi connectivity index (χ1n) is 10.3. The summed E-state index contributed by atoms with van der Waals surface area (Å²) >= 11 is 0. The van der Waals surface area contributed by atoms with Crippen LogP contribution in [0.3, 0.4) is 0 Å². The Morgan fingerprint density at radius 2 is 2.03 bits per heavy atom. The number of hydrogen-bond acceptors (Lipinski definition) is 4. The zero-order chi connectivity index (χ0) is 19.8. The van der Waals surface area contributed by atoms with Gasteiger partial charge < -0.3 is 18.8 Å². The molecular weight excluding hydrogens is 366 g/mol. The molecule has 2 saturated carbocycles. The SMILES string of the molecule is Cc1cc(O[C@@H]2C[C@]23COCCO3)cc(=O)n1Cc1ccc(C#CC2CC2)cc1. The lowest BCUT2D eigenvalue weighted by molar-refractivity contribution is -0.117. The van der Waals surface area contributed by atoms with Gasteiger partial charge in [0.05, 0.1) is 26.4 Å². The van der Waals surface area contributed by atoms with E-state index in [-0.39, 0.29) is 17.3 Å². The number of benzene rings is 1. The van der Waals surface area contributed by atoms with E-state index in [4.69, 9.17) is 14.2 Å². The van der Waals surface area contributed by atoms with Crippen LogP contribution in [-0.2, 0) is 16.0 Å². The number of pyridine rings is 1. The monoisotopic (exact) mass is 391 g/mol. The van der Waals surface area contributed by atoms with Gasteiger partial charge in [0.2, 0.25) is 0 Å². The molecule has 1 aromatic heterocycles. The van der Waals surface area contributed by atoms with Crippen LogP contribution in [-0.4, -0.2) is 36.1 Å². The van der Waals surface area contributed by atoms with Crippen molar-refractivity contribution in [3.63, 3.8) is 0 Å².